The van der Waals surface area contributed by atoms with Gasteiger partial charge in [0, 0.05) is 24.3 Å². The number of hydrogen-bond acceptors (Lipinski definition) is 4. The molecule has 1 aromatic heterocycles. The summed E-state index contributed by atoms with van der Waals surface area (Å²) in [6, 6.07) is 7.49. The first-order chi connectivity index (χ1) is 9.93. The SMILES string of the molecule is CN(Cc1cccc(Br)c1)S(=O)(=O)c1cnn(CCO)c1. The minimum atomic E-state index is -3.59. The zero-order valence-corrected chi connectivity index (χ0v) is 13.9. The number of rotatable bonds is 6. The molecule has 0 saturated heterocycles. The van der Waals surface area contributed by atoms with Crippen molar-refractivity contribution in [2.24, 2.45) is 0 Å². The van der Waals surface area contributed by atoms with Gasteiger partial charge >= 0.3 is 0 Å². The Morgan fingerprint density at radius 3 is 2.86 bits per heavy atom. The van der Waals surface area contributed by atoms with E-state index in [2.05, 4.69) is 21.0 Å². The Labute approximate surface area is 132 Å². The Kier molecular flexibility index (Phi) is 5.15. The first-order valence-electron chi connectivity index (χ1n) is 6.27. The third-order valence-electron chi connectivity index (χ3n) is 2.94. The van der Waals surface area contributed by atoms with E-state index in [9.17, 15) is 8.42 Å². The fourth-order valence-corrected chi connectivity index (χ4v) is 3.42. The van der Waals surface area contributed by atoms with Crippen LogP contribution in [0.25, 0.3) is 0 Å². The third-order valence-corrected chi connectivity index (χ3v) is 5.19. The quantitative estimate of drug-likeness (QED) is 0.831. The molecular formula is C13H16BrN3O3S. The molecule has 8 heteroatoms. The van der Waals surface area contributed by atoms with Gasteiger partial charge in [-0.05, 0) is 17.7 Å². The van der Waals surface area contributed by atoms with E-state index in [0.29, 0.717) is 0 Å². The number of nitrogens with zero attached hydrogens (tertiary/aromatic N) is 3. The molecule has 0 fully saturated rings. The van der Waals surface area contributed by atoms with Gasteiger partial charge in [0.05, 0.1) is 19.3 Å². The molecule has 0 saturated carbocycles. The molecule has 0 aliphatic heterocycles. The Morgan fingerprint density at radius 2 is 2.19 bits per heavy atom. The summed E-state index contributed by atoms with van der Waals surface area (Å²) in [6.45, 7) is 0.451. The molecule has 0 aliphatic rings. The zero-order valence-electron chi connectivity index (χ0n) is 11.5. The standard InChI is InChI=1S/C13H16BrN3O3S/c1-16(9-11-3-2-4-12(14)7-11)21(19,20)13-8-15-17(10-13)5-6-18/h2-4,7-8,10,18H,5-6,9H2,1H3. The van der Waals surface area contributed by atoms with E-state index in [4.69, 9.17) is 5.11 Å². The monoisotopic (exact) mass is 373 g/mol. The number of aliphatic hydroxyl groups is 1. The van der Waals surface area contributed by atoms with Gasteiger partial charge in [-0.3, -0.25) is 4.68 Å². The van der Waals surface area contributed by atoms with Gasteiger partial charge < -0.3 is 5.11 Å². The van der Waals surface area contributed by atoms with E-state index in [1.54, 1.807) is 0 Å². The number of hydrogen-bond donors (Lipinski definition) is 1. The lowest BCUT2D eigenvalue weighted by Gasteiger charge is -2.16. The maximum atomic E-state index is 12.4. The fourth-order valence-electron chi connectivity index (χ4n) is 1.86. The van der Waals surface area contributed by atoms with Crippen LogP contribution in [0, 0.1) is 0 Å². The number of benzene rings is 1. The van der Waals surface area contributed by atoms with Crippen molar-refractivity contribution in [2.75, 3.05) is 13.7 Å². The molecular weight excluding hydrogens is 358 g/mol. The van der Waals surface area contributed by atoms with Crippen molar-refractivity contribution in [1.29, 1.82) is 0 Å². The highest BCUT2D eigenvalue weighted by Crippen LogP contribution is 2.18. The molecule has 0 atom stereocenters. The van der Waals surface area contributed by atoms with Crippen LogP contribution in [0.3, 0.4) is 0 Å². The molecule has 0 spiro atoms. The van der Waals surface area contributed by atoms with E-state index in [-0.39, 0.29) is 24.6 Å². The molecule has 114 valence electrons. The molecule has 0 radical (unpaired) electrons. The zero-order chi connectivity index (χ0) is 15.5. The highest BCUT2D eigenvalue weighted by atomic mass is 79.9. The summed E-state index contributed by atoms with van der Waals surface area (Å²) in [4.78, 5) is 0.119. The lowest BCUT2D eigenvalue weighted by atomic mass is 10.2. The van der Waals surface area contributed by atoms with Crippen molar-refractivity contribution in [3.63, 3.8) is 0 Å². The first kappa shape index (κ1) is 16.2. The predicted molar refractivity (Wildman–Crippen MR) is 82.1 cm³/mol. The summed E-state index contributed by atoms with van der Waals surface area (Å²) in [6.07, 6.45) is 2.71. The molecule has 0 aliphatic carbocycles. The maximum Gasteiger partial charge on any atom is 0.246 e. The second-order valence-electron chi connectivity index (χ2n) is 4.55. The maximum absolute atomic E-state index is 12.4. The van der Waals surface area contributed by atoms with Crippen LogP contribution in [0.1, 0.15) is 5.56 Å². The summed E-state index contributed by atoms with van der Waals surface area (Å²) in [5, 5.41) is 12.8. The molecule has 1 heterocycles. The van der Waals surface area contributed by atoms with Gasteiger partial charge in [0.2, 0.25) is 10.0 Å². The summed E-state index contributed by atoms with van der Waals surface area (Å²) < 4.78 is 28.5. The minimum absolute atomic E-state index is 0.0882. The molecule has 0 bridgehead atoms. The largest absolute Gasteiger partial charge is 0.394 e. The average Bonchev–Trinajstić information content (AvgIpc) is 2.88. The van der Waals surface area contributed by atoms with Gasteiger partial charge in [-0.15, -0.1) is 0 Å². The van der Waals surface area contributed by atoms with Gasteiger partial charge in [-0.1, -0.05) is 28.1 Å². The first-order valence-corrected chi connectivity index (χ1v) is 8.51. The molecule has 1 aromatic carbocycles. The second kappa shape index (κ2) is 6.69. The molecule has 0 unspecified atom stereocenters. The Hall–Kier alpha value is -1.22. The van der Waals surface area contributed by atoms with E-state index in [1.165, 1.54) is 28.4 Å². The van der Waals surface area contributed by atoms with Gasteiger partial charge in [-0.2, -0.15) is 9.40 Å². The topological polar surface area (TPSA) is 75.4 Å². The van der Waals surface area contributed by atoms with Crippen molar-refractivity contribution < 1.29 is 13.5 Å². The number of sulfonamides is 1. The summed E-state index contributed by atoms with van der Waals surface area (Å²) in [7, 11) is -2.07. The predicted octanol–water partition coefficient (Wildman–Crippen LogP) is 1.46. The van der Waals surface area contributed by atoms with Crippen LogP contribution < -0.4 is 0 Å². The fraction of sp³-hybridized carbons (Fsp3) is 0.308. The van der Waals surface area contributed by atoms with E-state index in [0.717, 1.165) is 10.0 Å². The van der Waals surface area contributed by atoms with Gasteiger partial charge in [0.25, 0.3) is 0 Å². The Balaban J connectivity index is 2.17. The number of halogens is 1. The third kappa shape index (κ3) is 3.91. The Morgan fingerprint density at radius 1 is 1.43 bits per heavy atom. The smallest absolute Gasteiger partial charge is 0.246 e. The summed E-state index contributed by atoms with van der Waals surface area (Å²) >= 11 is 3.36. The van der Waals surface area contributed by atoms with Crippen LogP contribution in [0.5, 0.6) is 0 Å². The highest BCUT2D eigenvalue weighted by Gasteiger charge is 2.22. The number of aliphatic hydroxyl groups excluding tert-OH is 1. The van der Waals surface area contributed by atoms with Crippen molar-refractivity contribution in [2.45, 2.75) is 18.0 Å². The molecule has 2 aromatic rings. The van der Waals surface area contributed by atoms with Crippen LogP contribution in [0.4, 0.5) is 0 Å². The molecule has 2 rings (SSSR count). The van der Waals surface area contributed by atoms with Crippen molar-refractivity contribution in [3.8, 4) is 0 Å². The highest BCUT2D eigenvalue weighted by molar-refractivity contribution is 9.10. The van der Waals surface area contributed by atoms with Crippen LogP contribution in [0.2, 0.25) is 0 Å². The summed E-state index contributed by atoms with van der Waals surface area (Å²) in [5.41, 5.74) is 0.887. The van der Waals surface area contributed by atoms with E-state index < -0.39 is 10.0 Å². The van der Waals surface area contributed by atoms with Crippen LogP contribution >= 0.6 is 15.9 Å². The summed E-state index contributed by atoms with van der Waals surface area (Å²) in [5.74, 6) is 0. The van der Waals surface area contributed by atoms with E-state index in [1.807, 2.05) is 24.3 Å². The van der Waals surface area contributed by atoms with Gasteiger partial charge in [0.1, 0.15) is 4.90 Å². The average molecular weight is 374 g/mol. The van der Waals surface area contributed by atoms with E-state index >= 15 is 0 Å². The molecule has 0 amide bonds. The second-order valence-corrected chi connectivity index (χ2v) is 7.51. The normalized spacial score (nSPS) is 12.0. The molecule has 1 N–H and O–H groups in total. The van der Waals surface area contributed by atoms with Crippen molar-refractivity contribution in [1.82, 2.24) is 14.1 Å². The molecule has 6 nitrogen and oxygen atoms in total. The van der Waals surface area contributed by atoms with Crippen LogP contribution in [-0.4, -0.2) is 41.3 Å². The van der Waals surface area contributed by atoms with Gasteiger partial charge in [-0.25, -0.2) is 8.42 Å². The Bertz CT molecular complexity index is 715. The minimum Gasteiger partial charge on any atom is -0.394 e. The lowest BCUT2D eigenvalue weighted by Crippen LogP contribution is -2.26. The number of aromatic nitrogens is 2. The van der Waals surface area contributed by atoms with Crippen molar-refractivity contribution >= 4 is 26.0 Å². The van der Waals surface area contributed by atoms with Crippen LogP contribution in [-0.2, 0) is 23.1 Å². The van der Waals surface area contributed by atoms with Crippen molar-refractivity contribution in [3.05, 3.63) is 46.7 Å². The van der Waals surface area contributed by atoms with Gasteiger partial charge in [0.15, 0.2) is 0 Å². The van der Waals surface area contributed by atoms with Crippen LogP contribution in [0.15, 0.2) is 46.0 Å². The lowest BCUT2D eigenvalue weighted by molar-refractivity contribution is 0.269. The molecule has 21 heavy (non-hydrogen) atoms.